The van der Waals surface area contributed by atoms with Gasteiger partial charge < -0.3 is 4.74 Å². The van der Waals surface area contributed by atoms with Crippen LogP contribution in [0, 0.1) is 6.92 Å². The molecular formula is C13H18O2S. The van der Waals surface area contributed by atoms with Crippen LogP contribution in [0.5, 0.6) is 0 Å². The van der Waals surface area contributed by atoms with E-state index in [1.54, 1.807) is 11.8 Å². The number of thioether (sulfide) groups is 1. The van der Waals surface area contributed by atoms with Gasteiger partial charge in [-0.3, -0.25) is 4.79 Å². The third-order valence-corrected chi connectivity index (χ3v) is 3.56. The molecule has 88 valence electrons. The van der Waals surface area contributed by atoms with Crippen molar-refractivity contribution in [2.45, 2.75) is 31.6 Å². The van der Waals surface area contributed by atoms with Crippen molar-refractivity contribution in [1.29, 1.82) is 0 Å². The maximum Gasteiger partial charge on any atom is 0.310 e. The van der Waals surface area contributed by atoms with Crippen LogP contribution in [0.1, 0.15) is 24.5 Å². The highest BCUT2D eigenvalue weighted by molar-refractivity contribution is 7.99. The lowest BCUT2D eigenvalue weighted by molar-refractivity contribution is -0.139. The molecule has 2 nitrogen and oxygen atoms in total. The van der Waals surface area contributed by atoms with Crippen LogP contribution in [0.15, 0.2) is 23.1 Å². The van der Waals surface area contributed by atoms with Gasteiger partial charge in [-0.2, -0.15) is 0 Å². The second-order valence-electron chi connectivity index (χ2n) is 3.71. The second-order valence-corrected chi connectivity index (χ2v) is 4.85. The predicted octanol–water partition coefficient (Wildman–Crippen LogP) is 3.21. The summed E-state index contributed by atoms with van der Waals surface area (Å²) in [5.41, 5.74) is 2.25. The van der Waals surface area contributed by atoms with Gasteiger partial charge in [-0.25, -0.2) is 0 Å². The van der Waals surface area contributed by atoms with Crippen LogP contribution in [0.3, 0.4) is 0 Å². The number of aryl methyl sites for hydroxylation is 1. The zero-order valence-electron chi connectivity index (χ0n) is 10.1. The Labute approximate surface area is 101 Å². The maximum absolute atomic E-state index is 11.3. The molecule has 0 radical (unpaired) electrons. The molecule has 0 aromatic heterocycles. The molecule has 16 heavy (non-hydrogen) atoms. The summed E-state index contributed by atoms with van der Waals surface area (Å²) < 4.78 is 4.71. The Morgan fingerprint density at radius 3 is 2.81 bits per heavy atom. The van der Waals surface area contributed by atoms with Crippen molar-refractivity contribution in [3.63, 3.8) is 0 Å². The van der Waals surface area contributed by atoms with E-state index in [-0.39, 0.29) is 5.97 Å². The molecule has 0 aliphatic rings. The van der Waals surface area contributed by atoms with Crippen molar-refractivity contribution in [3.8, 4) is 0 Å². The fraction of sp³-hybridized carbons (Fsp3) is 0.462. The van der Waals surface area contributed by atoms with E-state index in [1.165, 1.54) is 17.6 Å². The lowest BCUT2D eigenvalue weighted by atomic mass is 10.1. The summed E-state index contributed by atoms with van der Waals surface area (Å²) in [5, 5.41) is 0. The predicted molar refractivity (Wildman–Crippen MR) is 67.9 cm³/mol. The summed E-state index contributed by atoms with van der Waals surface area (Å²) in [6.07, 6.45) is 1.50. The van der Waals surface area contributed by atoms with Crippen LogP contribution in [-0.2, 0) is 16.0 Å². The molecule has 0 N–H and O–H groups in total. The zero-order chi connectivity index (χ0) is 12.0. The molecule has 0 aliphatic carbocycles. The van der Waals surface area contributed by atoms with Crippen molar-refractivity contribution in [2.75, 3.05) is 12.9 Å². The lowest BCUT2D eigenvalue weighted by Gasteiger charge is -2.08. The van der Waals surface area contributed by atoms with Crippen molar-refractivity contribution in [3.05, 3.63) is 29.3 Å². The van der Waals surface area contributed by atoms with Crippen LogP contribution in [0.4, 0.5) is 0 Å². The van der Waals surface area contributed by atoms with E-state index in [2.05, 4.69) is 25.1 Å². The van der Waals surface area contributed by atoms with Crippen LogP contribution in [0.2, 0.25) is 0 Å². The van der Waals surface area contributed by atoms with Gasteiger partial charge in [-0.15, -0.1) is 11.8 Å². The van der Waals surface area contributed by atoms with Crippen molar-refractivity contribution < 1.29 is 9.53 Å². The molecule has 0 bridgehead atoms. The van der Waals surface area contributed by atoms with Crippen LogP contribution in [0.25, 0.3) is 0 Å². The Morgan fingerprint density at radius 1 is 1.44 bits per heavy atom. The molecule has 1 aromatic rings. The van der Waals surface area contributed by atoms with Crippen LogP contribution in [-0.4, -0.2) is 18.8 Å². The number of hydrogen-bond acceptors (Lipinski definition) is 3. The van der Waals surface area contributed by atoms with E-state index in [0.717, 1.165) is 17.7 Å². The first kappa shape index (κ1) is 13.1. The normalized spacial score (nSPS) is 10.2. The minimum absolute atomic E-state index is 0.177. The second kappa shape index (κ2) is 6.59. The van der Waals surface area contributed by atoms with Gasteiger partial charge in [0.05, 0.1) is 13.5 Å². The summed E-state index contributed by atoms with van der Waals surface area (Å²) in [7, 11) is 1.43. The van der Waals surface area contributed by atoms with Gasteiger partial charge in [0.15, 0.2) is 0 Å². The van der Waals surface area contributed by atoms with Gasteiger partial charge in [0.1, 0.15) is 0 Å². The third kappa shape index (κ3) is 3.89. The van der Waals surface area contributed by atoms with E-state index in [1.807, 2.05) is 6.92 Å². The Balaban J connectivity index is 2.84. The molecule has 0 atom stereocenters. The number of methoxy groups -OCH3 is 1. The number of ether oxygens (including phenoxy) is 1. The molecule has 0 amide bonds. The van der Waals surface area contributed by atoms with E-state index >= 15 is 0 Å². The van der Waals surface area contributed by atoms with Gasteiger partial charge >= 0.3 is 5.97 Å². The molecule has 0 fully saturated rings. The summed E-state index contributed by atoms with van der Waals surface area (Å²) in [6.45, 7) is 4.19. The minimum Gasteiger partial charge on any atom is -0.469 e. The van der Waals surface area contributed by atoms with Gasteiger partial charge in [-0.1, -0.05) is 24.6 Å². The first-order chi connectivity index (χ1) is 7.67. The third-order valence-electron chi connectivity index (χ3n) is 2.24. The van der Waals surface area contributed by atoms with Crippen molar-refractivity contribution in [1.82, 2.24) is 0 Å². The smallest absolute Gasteiger partial charge is 0.310 e. The van der Waals surface area contributed by atoms with E-state index in [0.29, 0.717) is 6.42 Å². The number of hydrogen-bond donors (Lipinski definition) is 0. The highest BCUT2D eigenvalue weighted by Crippen LogP contribution is 2.25. The minimum atomic E-state index is -0.177. The van der Waals surface area contributed by atoms with E-state index < -0.39 is 0 Å². The average molecular weight is 238 g/mol. The highest BCUT2D eigenvalue weighted by atomic mass is 32.2. The fourth-order valence-corrected chi connectivity index (χ4v) is 2.33. The molecule has 0 aliphatic heterocycles. The maximum atomic E-state index is 11.3. The van der Waals surface area contributed by atoms with Gasteiger partial charge in [0.25, 0.3) is 0 Å². The number of benzene rings is 1. The average Bonchev–Trinajstić information content (AvgIpc) is 2.28. The van der Waals surface area contributed by atoms with Crippen molar-refractivity contribution >= 4 is 17.7 Å². The summed E-state index contributed by atoms with van der Waals surface area (Å²) >= 11 is 1.80. The first-order valence-electron chi connectivity index (χ1n) is 5.46. The SMILES string of the molecule is CCCSc1ccc(C)cc1CC(=O)OC. The van der Waals surface area contributed by atoms with Gasteiger partial charge in [-0.05, 0) is 30.7 Å². The fourth-order valence-electron chi connectivity index (χ4n) is 1.43. The van der Waals surface area contributed by atoms with E-state index in [9.17, 15) is 4.79 Å². The highest BCUT2D eigenvalue weighted by Gasteiger charge is 2.08. The monoisotopic (exact) mass is 238 g/mol. The topological polar surface area (TPSA) is 26.3 Å². The molecule has 1 aromatic carbocycles. The molecular weight excluding hydrogens is 220 g/mol. The first-order valence-corrected chi connectivity index (χ1v) is 6.45. The van der Waals surface area contributed by atoms with E-state index in [4.69, 9.17) is 4.74 Å². The Morgan fingerprint density at radius 2 is 2.19 bits per heavy atom. The molecule has 1 rings (SSSR count). The quantitative estimate of drug-likeness (QED) is 0.582. The number of rotatable bonds is 5. The summed E-state index contributed by atoms with van der Waals surface area (Å²) in [5.74, 6) is 0.904. The van der Waals surface area contributed by atoms with Crippen molar-refractivity contribution in [2.24, 2.45) is 0 Å². The summed E-state index contributed by atoms with van der Waals surface area (Å²) in [4.78, 5) is 12.5. The Hall–Kier alpha value is -0.960. The largest absolute Gasteiger partial charge is 0.469 e. The Bertz CT molecular complexity index is 361. The molecule has 0 saturated heterocycles. The molecule has 0 saturated carbocycles. The molecule has 0 unspecified atom stereocenters. The molecule has 3 heteroatoms. The lowest BCUT2D eigenvalue weighted by Crippen LogP contribution is -2.05. The number of carbonyl (C=O) groups excluding carboxylic acids is 1. The van der Waals surface area contributed by atoms with Crippen LogP contribution >= 0.6 is 11.8 Å². The number of esters is 1. The summed E-state index contributed by atoms with van der Waals surface area (Å²) in [6, 6.07) is 6.24. The van der Waals surface area contributed by atoms with Gasteiger partial charge in [0.2, 0.25) is 0 Å². The standard InChI is InChI=1S/C13H18O2S/c1-4-7-16-12-6-5-10(2)8-11(12)9-13(14)15-3/h5-6,8H,4,7,9H2,1-3H3. The number of carbonyl (C=O) groups is 1. The molecule has 0 spiro atoms. The molecule has 0 heterocycles. The Kier molecular flexibility index (Phi) is 5.39. The van der Waals surface area contributed by atoms with Crippen LogP contribution < -0.4 is 0 Å². The van der Waals surface area contributed by atoms with Gasteiger partial charge in [0, 0.05) is 4.90 Å². The zero-order valence-corrected chi connectivity index (χ0v) is 10.9.